The highest BCUT2D eigenvalue weighted by atomic mass is 79.9. The topological polar surface area (TPSA) is 85.9 Å². The summed E-state index contributed by atoms with van der Waals surface area (Å²) in [6.45, 7) is 1.62. The van der Waals surface area contributed by atoms with E-state index in [0.29, 0.717) is 16.7 Å². The van der Waals surface area contributed by atoms with E-state index in [2.05, 4.69) is 31.6 Å². The summed E-state index contributed by atoms with van der Waals surface area (Å²) >= 11 is 3.24. The number of rotatable bonds is 6. The lowest BCUT2D eigenvalue weighted by Crippen LogP contribution is -2.16. The number of benzene rings is 1. The van der Waals surface area contributed by atoms with Crippen molar-refractivity contribution in [2.75, 3.05) is 6.54 Å². The Morgan fingerprint density at radius 3 is 3.00 bits per heavy atom. The number of halogens is 1. The van der Waals surface area contributed by atoms with Crippen LogP contribution < -0.4 is 5.32 Å². The smallest absolute Gasteiger partial charge is 0.296 e. The van der Waals surface area contributed by atoms with Gasteiger partial charge in [0.1, 0.15) is 5.69 Å². The minimum Gasteiger partial charge on any atom is -0.311 e. The molecule has 1 aliphatic rings. The predicted molar refractivity (Wildman–Crippen MR) is 80.1 cm³/mol. The zero-order valence-corrected chi connectivity index (χ0v) is 12.8. The van der Waals surface area contributed by atoms with Crippen molar-refractivity contribution < 1.29 is 4.92 Å². The third-order valence-corrected chi connectivity index (χ3v) is 3.85. The fourth-order valence-electron chi connectivity index (χ4n) is 2.06. The highest BCUT2D eigenvalue weighted by molar-refractivity contribution is 9.10. The van der Waals surface area contributed by atoms with Gasteiger partial charge in [0.05, 0.1) is 16.8 Å². The van der Waals surface area contributed by atoms with E-state index >= 15 is 0 Å². The molecule has 0 unspecified atom stereocenters. The molecule has 2 aromatic rings. The molecule has 1 aliphatic carbocycles. The predicted octanol–water partition coefficient (Wildman–Crippen LogP) is 2.44. The maximum absolute atomic E-state index is 11.1. The molecule has 0 amide bonds. The van der Waals surface area contributed by atoms with E-state index in [1.54, 1.807) is 18.3 Å². The number of nitrogens with one attached hydrogen (secondary N) is 1. The fraction of sp³-hybridized carbons (Fsp3) is 0.385. The highest BCUT2D eigenvalue weighted by Gasteiger charge is 2.21. The van der Waals surface area contributed by atoms with Gasteiger partial charge in [0.15, 0.2) is 0 Å². The summed E-state index contributed by atoms with van der Waals surface area (Å²) in [5, 5.41) is 22.5. The molecule has 0 aliphatic heterocycles. The zero-order chi connectivity index (χ0) is 14.8. The van der Waals surface area contributed by atoms with Crippen molar-refractivity contribution in [3.63, 3.8) is 0 Å². The first-order valence-electron chi connectivity index (χ1n) is 6.70. The molecule has 0 bridgehead atoms. The molecule has 1 fully saturated rings. The van der Waals surface area contributed by atoms with E-state index in [-0.39, 0.29) is 5.69 Å². The second-order valence-electron chi connectivity index (χ2n) is 5.12. The molecule has 1 N–H and O–H groups in total. The number of nitrogens with zero attached hydrogens (tertiary/aromatic N) is 4. The summed E-state index contributed by atoms with van der Waals surface area (Å²) in [5.74, 6) is 0.799. The lowest BCUT2D eigenvalue weighted by Gasteiger charge is -2.02. The van der Waals surface area contributed by atoms with Crippen LogP contribution in [0.4, 0.5) is 5.69 Å². The summed E-state index contributed by atoms with van der Waals surface area (Å²) in [6, 6.07) is 4.86. The van der Waals surface area contributed by atoms with Crippen molar-refractivity contribution in [1.82, 2.24) is 20.3 Å². The lowest BCUT2D eigenvalue weighted by atomic mass is 10.2. The highest BCUT2D eigenvalue weighted by Crippen LogP contribution is 2.28. The average molecular weight is 352 g/mol. The van der Waals surface area contributed by atoms with Crippen LogP contribution in [0.25, 0.3) is 5.69 Å². The van der Waals surface area contributed by atoms with E-state index < -0.39 is 4.92 Å². The maximum atomic E-state index is 11.1. The molecule has 1 aromatic heterocycles. The molecule has 1 heterocycles. The van der Waals surface area contributed by atoms with Crippen molar-refractivity contribution >= 4 is 21.6 Å². The van der Waals surface area contributed by atoms with Gasteiger partial charge in [-0.2, -0.15) is 0 Å². The van der Waals surface area contributed by atoms with E-state index in [4.69, 9.17) is 0 Å². The van der Waals surface area contributed by atoms with Crippen LogP contribution in [0.1, 0.15) is 18.5 Å². The number of nitro groups is 1. The molecule has 0 saturated heterocycles. The molecular weight excluding hydrogens is 338 g/mol. The van der Waals surface area contributed by atoms with Crippen LogP contribution in [-0.4, -0.2) is 26.5 Å². The van der Waals surface area contributed by atoms with E-state index in [9.17, 15) is 10.1 Å². The Morgan fingerprint density at radius 1 is 1.48 bits per heavy atom. The van der Waals surface area contributed by atoms with Crippen LogP contribution in [-0.2, 0) is 6.54 Å². The molecule has 8 heteroatoms. The van der Waals surface area contributed by atoms with Crippen molar-refractivity contribution in [1.29, 1.82) is 0 Å². The average Bonchev–Trinajstić information content (AvgIpc) is 3.16. The second kappa shape index (κ2) is 5.90. The largest absolute Gasteiger partial charge is 0.311 e. The summed E-state index contributed by atoms with van der Waals surface area (Å²) in [4.78, 5) is 10.7. The Labute approximate surface area is 129 Å². The minimum atomic E-state index is -0.424. The lowest BCUT2D eigenvalue weighted by molar-refractivity contribution is -0.384. The second-order valence-corrected chi connectivity index (χ2v) is 6.03. The van der Waals surface area contributed by atoms with Crippen molar-refractivity contribution in [2.24, 2.45) is 5.92 Å². The van der Waals surface area contributed by atoms with Gasteiger partial charge in [0, 0.05) is 17.1 Å². The van der Waals surface area contributed by atoms with Gasteiger partial charge in [0.25, 0.3) is 5.69 Å². The van der Waals surface area contributed by atoms with Crippen LogP contribution in [0.2, 0.25) is 0 Å². The Hall–Kier alpha value is -1.80. The first kappa shape index (κ1) is 14.2. The number of aromatic nitrogens is 3. The van der Waals surface area contributed by atoms with Gasteiger partial charge in [-0.15, -0.1) is 5.10 Å². The van der Waals surface area contributed by atoms with Crippen LogP contribution in [0.15, 0.2) is 28.9 Å². The van der Waals surface area contributed by atoms with Gasteiger partial charge in [-0.1, -0.05) is 21.1 Å². The van der Waals surface area contributed by atoms with E-state index in [0.717, 1.165) is 18.2 Å². The molecule has 110 valence electrons. The van der Waals surface area contributed by atoms with Crippen molar-refractivity contribution in [3.05, 3.63) is 44.7 Å². The Kier molecular flexibility index (Phi) is 3.98. The minimum absolute atomic E-state index is 0.00763. The maximum Gasteiger partial charge on any atom is 0.296 e. The van der Waals surface area contributed by atoms with Crippen molar-refractivity contribution in [3.8, 4) is 5.69 Å². The Morgan fingerprint density at radius 2 is 2.29 bits per heavy atom. The quantitative estimate of drug-likeness (QED) is 0.638. The van der Waals surface area contributed by atoms with E-state index in [1.165, 1.54) is 23.6 Å². The van der Waals surface area contributed by atoms with Gasteiger partial charge >= 0.3 is 0 Å². The molecule has 21 heavy (non-hydrogen) atoms. The van der Waals surface area contributed by atoms with Gasteiger partial charge in [-0.3, -0.25) is 10.1 Å². The Bertz CT molecular complexity index is 668. The van der Waals surface area contributed by atoms with Crippen LogP contribution >= 0.6 is 15.9 Å². The van der Waals surface area contributed by atoms with Crippen LogP contribution in [0.3, 0.4) is 0 Å². The van der Waals surface area contributed by atoms with Crippen LogP contribution in [0, 0.1) is 16.0 Å². The molecule has 1 saturated carbocycles. The van der Waals surface area contributed by atoms with Gasteiger partial charge in [0.2, 0.25) is 0 Å². The molecule has 0 spiro atoms. The fourth-order valence-corrected chi connectivity index (χ4v) is 2.41. The summed E-state index contributed by atoms with van der Waals surface area (Å²) < 4.78 is 2.10. The number of hydrogen-bond donors (Lipinski definition) is 1. The third kappa shape index (κ3) is 3.45. The first-order valence-corrected chi connectivity index (χ1v) is 7.49. The summed E-state index contributed by atoms with van der Waals surface area (Å²) in [7, 11) is 0. The zero-order valence-electron chi connectivity index (χ0n) is 11.2. The summed E-state index contributed by atoms with van der Waals surface area (Å²) in [5.41, 5.74) is 1.17. The Balaban J connectivity index is 1.77. The third-order valence-electron chi connectivity index (χ3n) is 3.36. The molecule has 7 nitrogen and oxygen atoms in total. The monoisotopic (exact) mass is 351 g/mol. The number of hydrogen-bond acceptors (Lipinski definition) is 5. The SMILES string of the molecule is O=[N+]([O-])c1cc(Br)ccc1-n1cc(CNCC2CC2)nn1. The normalized spacial score (nSPS) is 14.3. The van der Waals surface area contributed by atoms with Gasteiger partial charge in [-0.25, -0.2) is 4.68 Å². The molecule has 0 radical (unpaired) electrons. The molecule has 3 rings (SSSR count). The number of nitro benzene ring substituents is 1. The molecule has 1 aromatic carbocycles. The van der Waals surface area contributed by atoms with Gasteiger partial charge < -0.3 is 5.32 Å². The standard InChI is InChI=1S/C13H14BrN5O2/c14-10-3-4-12(13(5-10)19(20)21)18-8-11(16-17-18)7-15-6-9-1-2-9/h3-5,8-9,15H,1-2,6-7H2. The first-order chi connectivity index (χ1) is 10.1. The van der Waals surface area contributed by atoms with Crippen LogP contribution in [0.5, 0.6) is 0 Å². The summed E-state index contributed by atoms with van der Waals surface area (Å²) in [6.07, 6.45) is 4.31. The van der Waals surface area contributed by atoms with E-state index in [1.807, 2.05) is 0 Å². The molecular formula is C13H14BrN5O2. The van der Waals surface area contributed by atoms with Gasteiger partial charge in [-0.05, 0) is 37.4 Å². The molecule has 0 atom stereocenters. The van der Waals surface area contributed by atoms with Crippen molar-refractivity contribution in [2.45, 2.75) is 19.4 Å².